The topological polar surface area (TPSA) is 80.7 Å². The Hall–Kier alpha value is -0.240. The molecular weight excluding hydrogens is 276 g/mol. The molecule has 1 heterocycles. The molecule has 0 saturated carbocycles. The average molecular weight is 306 g/mol. The van der Waals surface area contributed by atoms with Crippen molar-refractivity contribution in [3.05, 3.63) is 0 Å². The van der Waals surface area contributed by atoms with Gasteiger partial charge in [-0.2, -0.15) is 0 Å². The van der Waals surface area contributed by atoms with Gasteiger partial charge in [-0.15, -0.1) is 0 Å². The van der Waals surface area contributed by atoms with E-state index < -0.39 is 0 Å². The number of aliphatic hydroxyl groups is 2. The SMILES string of the molecule is CCC(COCCCO)(COCCCO)COCC1CO1. The van der Waals surface area contributed by atoms with Gasteiger partial charge in [-0.25, -0.2) is 0 Å². The fourth-order valence-corrected chi connectivity index (χ4v) is 1.91. The standard InChI is InChI=1S/C15H30O6/c1-2-15(11-18-7-3-5-16,12-19-8-4-6-17)13-20-9-14-10-21-14/h14,16-17H,2-13H2,1H3. The summed E-state index contributed by atoms with van der Waals surface area (Å²) in [4.78, 5) is 0. The minimum atomic E-state index is -0.181. The summed E-state index contributed by atoms with van der Waals surface area (Å²) in [5.41, 5.74) is -0.181. The summed E-state index contributed by atoms with van der Waals surface area (Å²) in [7, 11) is 0. The van der Waals surface area contributed by atoms with E-state index in [-0.39, 0.29) is 24.7 Å². The molecule has 21 heavy (non-hydrogen) atoms. The summed E-state index contributed by atoms with van der Waals surface area (Å²) in [6.07, 6.45) is 2.42. The summed E-state index contributed by atoms with van der Waals surface area (Å²) >= 11 is 0. The second-order valence-electron chi connectivity index (χ2n) is 5.58. The summed E-state index contributed by atoms with van der Waals surface area (Å²) in [6.45, 7) is 6.55. The van der Waals surface area contributed by atoms with Crippen LogP contribution >= 0.6 is 0 Å². The normalized spacial score (nSPS) is 18.1. The molecule has 0 amide bonds. The molecule has 2 N–H and O–H groups in total. The predicted octanol–water partition coefficient (Wildman–Crippen LogP) is 0.596. The Morgan fingerprint density at radius 3 is 1.95 bits per heavy atom. The first kappa shape index (κ1) is 18.8. The maximum atomic E-state index is 8.80. The van der Waals surface area contributed by atoms with E-state index in [0.717, 1.165) is 13.0 Å². The van der Waals surface area contributed by atoms with Gasteiger partial charge >= 0.3 is 0 Å². The molecule has 0 aromatic carbocycles. The van der Waals surface area contributed by atoms with E-state index in [0.29, 0.717) is 52.5 Å². The van der Waals surface area contributed by atoms with Crippen LogP contribution in [-0.4, -0.2) is 75.8 Å². The van der Waals surface area contributed by atoms with Crippen LogP contribution in [0.4, 0.5) is 0 Å². The first-order valence-electron chi connectivity index (χ1n) is 7.83. The third-order valence-electron chi connectivity index (χ3n) is 3.57. The fraction of sp³-hybridized carbons (Fsp3) is 1.00. The Kier molecular flexibility index (Phi) is 10.2. The zero-order chi connectivity index (χ0) is 15.4. The smallest absolute Gasteiger partial charge is 0.104 e. The summed E-state index contributed by atoms with van der Waals surface area (Å²) in [5, 5.41) is 17.6. The van der Waals surface area contributed by atoms with Gasteiger partial charge in [-0.3, -0.25) is 0 Å². The van der Waals surface area contributed by atoms with Gasteiger partial charge in [-0.1, -0.05) is 6.92 Å². The molecule has 1 aliphatic rings. The molecule has 1 saturated heterocycles. The van der Waals surface area contributed by atoms with Crippen LogP contribution in [0, 0.1) is 5.41 Å². The molecule has 0 bridgehead atoms. The number of epoxide rings is 1. The van der Waals surface area contributed by atoms with E-state index in [9.17, 15) is 0 Å². The Morgan fingerprint density at radius 2 is 1.52 bits per heavy atom. The van der Waals surface area contributed by atoms with Crippen LogP contribution < -0.4 is 0 Å². The molecular formula is C15H30O6. The monoisotopic (exact) mass is 306 g/mol. The van der Waals surface area contributed by atoms with Crippen molar-refractivity contribution >= 4 is 0 Å². The molecule has 1 fully saturated rings. The molecule has 0 aliphatic carbocycles. The Bertz CT molecular complexity index is 232. The fourth-order valence-electron chi connectivity index (χ4n) is 1.91. The molecule has 0 aromatic heterocycles. The highest BCUT2D eigenvalue weighted by Crippen LogP contribution is 2.25. The van der Waals surface area contributed by atoms with Crippen molar-refractivity contribution in [2.75, 3.05) is 59.5 Å². The highest BCUT2D eigenvalue weighted by Gasteiger charge is 2.31. The Morgan fingerprint density at radius 1 is 1.00 bits per heavy atom. The van der Waals surface area contributed by atoms with Crippen molar-refractivity contribution in [2.24, 2.45) is 5.41 Å². The third-order valence-corrected chi connectivity index (χ3v) is 3.57. The number of rotatable bonds is 15. The van der Waals surface area contributed by atoms with Gasteiger partial charge in [0.05, 0.1) is 33.0 Å². The number of hydrogen-bond acceptors (Lipinski definition) is 6. The minimum Gasteiger partial charge on any atom is -0.396 e. The maximum absolute atomic E-state index is 8.80. The lowest BCUT2D eigenvalue weighted by Gasteiger charge is -2.32. The van der Waals surface area contributed by atoms with Crippen LogP contribution in [0.3, 0.4) is 0 Å². The molecule has 126 valence electrons. The van der Waals surface area contributed by atoms with Gasteiger partial charge in [0.25, 0.3) is 0 Å². The molecule has 6 heteroatoms. The van der Waals surface area contributed by atoms with E-state index >= 15 is 0 Å². The van der Waals surface area contributed by atoms with Crippen LogP contribution in [0.15, 0.2) is 0 Å². The lowest BCUT2D eigenvalue weighted by Crippen LogP contribution is -2.37. The van der Waals surface area contributed by atoms with Crippen molar-refractivity contribution in [3.8, 4) is 0 Å². The van der Waals surface area contributed by atoms with Gasteiger partial charge in [-0.05, 0) is 19.3 Å². The second kappa shape index (κ2) is 11.3. The molecule has 0 spiro atoms. The van der Waals surface area contributed by atoms with Crippen molar-refractivity contribution in [1.82, 2.24) is 0 Å². The van der Waals surface area contributed by atoms with E-state index in [2.05, 4.69) is 6.92 Å². The number of ether oxygens (including phenoxy) is 4. The number of hydrogen-bond donors (Lipinski definition) is 2. The van der Waals surface area contributed by atoms with Gasteiger partial charge in [0.15, 0.2) is 0 Å². The first-order chi connectivity index (χ1) is 10.3. The number of aliphatic hydroxyl groups excluding tert-OH is 2. The molecule has 6 nitrogen and oxygen atoms in total. The highest BCUT2D eigenvalue weighted by atomic mass is 16.6. The quantitative estimate of drug-likeness (QED) is 0.341. The summed E-state index contributed by atoms with van der Waals surface area (Å²) < 4.78 is 22.2. The maximum Gasteiger partial charge on any atom is 0.104 e. The van der Waals surface area contributed by atoms with Gasteiger partial charge in [0, 0.05) is 31.8 Å². The zero-order valence-electron chi connectivity index (χ0n) is 13.1. The summed E-state index contributed by atoms with van der Waals surface area (Å²) in [5.74, 6) is 0. The van der Waals surface area contributed by atoms with E-state index in [4.69, 9.17) is 29.2 Å². The van der Waals surface area contributed by atoms with E-state index in [1.807, 2.05) is 0 Å². The first-order valence-corrected chi connectivity index (χ1v) is 7.83. The minimum absolute atomic E-state index is 0.141. The molecule has 0 radical (unpaired) electrons. The van der Waals surface area contributed by atoms with Gasteiger partial charge in [0.2, 0.25) is 0 Å². The molecule has 1 atom stereocenters. The van der Waals surface area contributed by atoms with Crippen molar-refractivity contribution in [1.29, 1.82) is 0 Å². The Balaban J connectivity index is 2.33. The average Bonchev–Trinajstić information content (AvgIpc) is 3.31. The van der Waals surface area contributed by atoms with Gasteiger partial charge < -0.3 is 29.2 Å². The molecule has 1 aliphatic heterocycles. The second-order valence-corrected chi connectivity index (χ2v) is 5.58. The highest BCUT2D eigenvalue weighted by molar-refractivity contribution is 4.79. The van der Waals surface area contributed by atoms with Crippen LogP contribution in [0.1, 0.15) is 26.2 Å². The molecule has 1 rings (SSSR count). The largest absolute Gasteiger partial charge is 0.396 e. The Labute approximate surface area is 127 Å². The van der Waals surface area contributed by atoms with Crippen LogP contribution in [0.25, 0.3) is 0 Å². The molecule has 1 unspecified atom stereocenters. The van der Waals surface area contributed by atoms with Crippen molar-refractivity contribution < 1.29 is 29.2 Å². The van der Waals surface area contributed by atoms with E-state index in [1.165, 1.54) is 0 Å². The van der Waals surface area contributed by atoms with Gasteiger partial charge in [0.1, 0.15) is 6.10 Å². The van der Waals surface area contributed by atoms with E-state index in [1.54, 1.807) is 0 Å². The van der Waals surface area contributed by atoms with Crippen LogP contribution in [-0.2, 0) is 18.9 Å². The summed E-state index contributed by atoms with van der Waals surface area (Å²) in [6, 6.07) is 0. The van der Waals surface area contributed by atoms with Crippen molar-refractivity contribution in [2.45, 2.75) is 32.3 Å². The third kappa shape index (κ3) is 8.70. The predicted molar refractivity (Wildman–Crippen MR) is 78.3 cm³/mol. The van der Waals surface area contributed by atoms with Crippen LogP contribution in [0.5, 0.6) is 0 Å². The zero-order valence-corrected chi connectivity index (χ0v) is 13.1. The lowest BCUT2D eigenvalue weighted by atomic mass is 9.88. The lowest BCUT2D eigenvalue weighted by molar-refractivity contribution is -0.0752. The molecule has 0 aromatic rings. The van der Waals surface area contributed by atoms with Crippen molar-refractivity contribution in [3.63, 3.8) is 0 Å². The van der Waals surface area contributed by atoms with Crippen LogP contribution in [0.2, 0.25) is 0 Å².